The molecule has 148 valence electrons. The molecule has 0 bridgehead atoms. The molecule has 3 rings (SSSR count). The molecular formula is C20H30IN5S. The van der Waals surface area contributed by atoms with E-state index in [9.17, 15) is 0 Å². The molecule has 0 fully saturated rings. The van der Waals surface area contributed by atoms with Crippen molar-refractivity contribution in [1.29, 1.82) is 0 Å². The smallest absolute Gasteiger partial charge is 0.191 e. The Morgan fingerprint density at radius 3 is 2.78 bits per heavy atom. The number of nitrogens with zero attached hydrogens (tertiary/aromatic N) is 3. The number of hydrogen-bond donors (Lipinski definition) is 2. The third kappa shape index (κ3) is 6.43. The number of hydrogen-bond acceptors (Lipinski definition) is 4. The number of guanidine groups is 1. The summed E-state index contributed by atoms with van der Waals surface area (Å²) in [5.74, 6) is 0.862. The van der Waals surface area contributed by atoms with Gasteiger partial charge in [-0.05, 0) is 31.4 Å². The molecule has 7 heteroatoms. The van der Waals surface area contributed by atoms with Gasteiger partial charge in [-0.2, -0.15) is 0 Å². The van der Waals surface area contributed by atoms with Crippen molar-refractivity contribution in [3.63, 3.8) is 0 Å². The summed E-state index contributed by atoms with van der Waals surface area (Å²) in [5, 5.41) is 10.1. The first-order valence-electron chi connectivity index (χ1n) is 9.32. The number of fused-ring (bicyclic) bond motifs is 1. The second-order valence-corrected chi connectivity index (χ2v) is 7.89. The lowest BCUT2D eigenvalue weighted by Crippen LogP contribution is -2.47. The lowest BCUT2D eigenvalue weighted by atomic mass is 9.99. The fourth-order valence-electron chi connectivity index (χ4n) is 3.32. The quantitative estimate of drug-likeness (QED) is 0.364. The predicted molar refractivity (Wildman–Crippen MR) is 125 cm³/mol. The van der Waals surface area contributed by atoms with Crippen LogP contribution in [0, 0.1) is 6.92 Å². The minimum absolute atomic E-state index is 0. The largest absolute Gasteiger partial charge is 0.356 e. The van der Waals surface area contributed by atoms with Crippen molar-refractivity contribution in [1.82, 2.24) is 20.5 Å². The van der Waals surface area contributed by atoms with Gasteiger partial charge in [0.05, 0.1) is 10.7 Å². The summed E-state index contributed by atoms with van der Waals surface area (Å²) in [5.41, 5.74) is 4.11. The highest BCUT2D eigenvalue weighted by atomic mass is 127. The van der Waals surface area contributed by atoms with Crippen molar-refractivity contribution in [3.05, 3.63) is 51.5 Å². The fourth-order valence-corrected chi connectivity index (χ4v) is 3.97. The molecule has 0 amide bonds. The van der Waals surface area contributed by atoms with Crippen LogP contribution in [0.25, 0.3) is 0 Å². The Labute approximate surface area is 183 Å². The average Bonchev–Trinajstić information content (AvgIpc) is 3.09. The predicted octanol–water partition coefficient (Wildman–Crippen LogP) is 3.22. The molecule has 1 aromatic heterocycles. The van der Waals surface area contributed by atoms with E-state index in [0.717, 1.165) is 55.7 Å². The second-order valence-electron chi connectivity index (χ2n) is 6.83. The molecule has 0 spiro atoms. The minimum atomic E-state index is 0. The number of aliphatic imine (C=N–C) groups is 1. The molecule has 2 aromatic rings. The van der Waals surface area contributed by atoms with E-state index >= 15 is 0 Å². The average molecular weight is 499 g/mol. The van der Waals surface area contributed by atoms with Crippen molar-refractivity contribution in [2.75, 3.05) is 26.7 Å². The lowest BCUT2D eigenvalue weighted by Gasteiger charge is -2.34. The molecule has 27 heavy (non-hydrogen) atoms. The van der Waals surface area contributed by atoms with E-state index in [2.05, 4.69) is 62.1 Å². The molecule has 1 unspecified atom stereocenters. The van der Waals surface area contributed by atoms with E-state index < -0.39 is 0 Å². The first kappa shape index (κ1) is 22.1. The number of thiazole rings is 1. The number of aryl methyl sites for hydroxylation is 1. The Balaban J connectivity index is 0.00000261. The number of aromatic nitrogens is 1. The van der Waals surface area contributed by atoms with Crippen LogP contribution in [0.15, 0.2) is 34.6 Å². The Kier molecular flexibility index (Phi) is 8.98. The van der Waals surface area contributed by atoms with Crippen molar-refractivity contribution in [3.8, 4) is 0 Å². The summed E-state index contributed by atoms with van der Waals surface area (Å²) in [6.45, 7) is 8.21. The van der Waals surface area contributed by atoms with Gasteiger partial charge in [-0.15, -0.1) is 35.3 Å². The Morgan fingerprint density at radius 2 is 2.07 bits per heavy atom. The van der Waals surface area contributed by atoms with Crippen LogP contribution in [0.5, 0.6) is 0 Å². The van der Waals surface area contributed by atoms with Crippen molar-refractivity contribution in [2.45, 2.75) is 39.3 Å². The number of benzene rings is 1. The number of halogens is 1. The zero-order valence-electron chi connectivity index (χ0n) is 16.4. The molecule has 0 aliphatic carbocycles. The van der Waals surface area contributed by atoms with E-state index in [4.69, 9.17) is 0 Å². The lowest BCUT2D eigenvalue weighted by molar-refractivity contribution is 0.191. The third-order valence-electron chi connectivity index (χ3n) is 4.91. The molecule has 1 aliphatic heterocycles. The van der Waals surface area contributed by atoms with Crippen LogP contribution in [0.4, 0.5) is 0 Å². The Bertz CT molecular complexity index is 745. The summed E-state index contributed by atoms with van der Waals surface area (Å²) in [6, 6.07) is 9.25. The minimum Gasteiger partial charge on any atom is -0.356 e. The van der Waals surface area contributed by atoms with Crippen LogP contribution in [-0.2, 0) is 19.4 Å². The van der Waals surface area contributed by atoms with Crippen LogP contribution in [0.1, 0.15) is 28.8 Å². The molecule has 5 nitrogen and oxygen atoms in total. The SMILES string of the molecule is CN=C(NCCc1csc(C)n1)NCC(C)N1CCc2ccccc2C1.I. The zero-order chi connectivity index (χ0) is 18.4. The van der Waals surface area contributed by atoms with Gasteiger partial charge >= 0.3 is 0 Å². The van der Waals surface area contributed by atoms with E-state index in [1.807, 2.05) is 14.0 Å². The summed E-state index contributed by atoms with van der Waals surface area (Å²) in [4.78, 5) is 11.4. The van der Waals surface area contributed by atoms with E-state index in [1.54, 1.807) is 11.3 Å². The first-order chi connectivity index (χ1) is 12.7. The van der Waals surface area contributed by atoms with Gasteiger partial charge in [0.25, 0.3) is 0 Å². The number of nitrogens with one attached hydrogen (secondary N) is 2. The molecule has 2 N–H and O–H groups in total. The maximum Gasteiger partial charge on any atom is 0.191 e. The maximum absolute atomic E-state index is 4.50. The van der Waals surface area contributed by atoms with Crippen LogP contribution < -0.4 is 10.6 Å². The monoisotopic (exact) mass is 499 g/mol. The van der Waals surface area contributed by atoms with Gasteiger partial charge in [0.15, 0.2) is 5.96 Å². The summed E-state index contributed by atoms with van der Waals surface area (Å²) in [6.07, 6.45) is 2.06. The normalized spacial score (nSPS) is 15.6. The standard InChI is InChI=1S/C20H29N5S.HI/c1-15(25-11-9-17-6-4-5-7-18(17)13-25)12-23-20(21-3)22-10-8-19-14-26-16(2)24-19;/h4-7,14-15H,8-13H2,1-3H3,(H2,21,22,23);1H. The highest BCUT2D eigenvalue weighted by Crippen LogP contribution is 2.19. The molecule has 1 atom stereocenters. The van der Waals surface area contributed by atoms with Gasteiger partial charge < -0.3 is 10.6 Å². The molecule has 0 radical (unpaired) electrons. The van der Waals surface area contributed by atoms with Crippen LogP contribution in [0.2, 0.25) is 0 Å². The maximum atomic E-state index is 4.50. The molecule has 2 heterocycles. The Morgan fingerprint density at radius 1 is 1.30 bits per heavy atom. The van der Waals surface area contributed by atoms with Crippen LogP contribution in [-0.4, -0.2) is 48.6 Å². The van der Waals surface area contributed by atoms with Gasteiger partial charge in [-0.1, -0.05) is 24.3 Å². The van der Waals surface area contributed by atoms with E-state index in [0.29, 0.717) is 6.04 Å². The van der Waals surface area contributed by atoms with Gasteiger partial charge in [-0.25, -0.2) is 4.98 Å². The highest BCUT2D eigenvalue weighted by molar-refractivity contribution is 14.0. The van der Waals surface area contributed by atoms with E-state index in [1.165, 1.54) is 11.1 Å². The third-order valence-corrected chi connectivity index (χ3v) is 5.73. The van der Waals surface area contributed by atoms with E-state index in [-0.39, 0.29) is 24.0 Å². The molecule has 1 aliphatic rings. The van der Waals surface area contributed by atoms with Gasteiger partial charge in [0, 0.05) is 51.1 Å². The van der Waals surface area contributed by atoms with Crippen LogP contribution in [0.3, 0.4) is 0 Å². The van der Waals surface area contributed by atoms with Crippen LogP contribution >= 0.6 is 35.3 Å². The van der Waals surface area contributed by atoms with Crippen molar-refractivity contribution < 1.29 is 0 Å². The second kappa shape index (κ2) is 11.0. The van der Waals surface area contributed by atoms with Gasteiger partial charge in [0.2, 0.25) is 0 Å². The first-order valence-corrected chi connectivity index (χ1v) is 10.2. The van der Waals surface area contributed by atoms with Crippen molar-refractivity contribution in [2.24, 2.45) is 4.99 Å². The van der Waals surface area contributed by atoms with Crippen molar-refractivity contribution >= 4 is 41.3 Å². The zero-order valence-corrected chi connectivity index (χ0v) is 19.5. The fraction of sp³-hybridized carbons (Fsp3) is 0.500. The molecule has 0 saturated carbocycles. The molecule has 0 saturated heterocycles. The van der Waals surface area contributed by atoms with Gasteiger partial charge in [-0.3, -0.25) is 9.89 Å². The Hall–Kier alpha value is -1.19. The molecule has 1 aromatic carbocycles. The summed E-state index contributed by atoms with van der Waals surface area (Å²) < 4.78 is 0. The topological polar surface area (TPSA) is 52.6 Å². The number of rotatable bonds is 6. The summed E-state index contributed by atoms with van der Waals surface area (Å²) in [7, 11) is 1.82. The molecular weight excluding hydrogens is 469 g/mol. The van der Waals surface area contributed by atoms with Gasteiger partial charge in [0.1, 0.15) is 0 Å². The highest BCUT2D eigenvalue weighted by Gasteiger charge is 2.20. The summed E-state index contributed by atoms with van der Waals surface area (Å²) >= 11 is 1.70.